The van der Waals surface area contributed by atoms with Crippen LogP contribution < -0.4 is 0 Å². The molecule has 27 heavy (non-hydrogen) atoms. The molecule has 3 rings (SSSR count). The number of carbonyl (C=O) groups is 1. The van der Waals surface area contributed by atoms with Crippen LogP contribution in [0.5, 0.6) is 0 Å². The Morgan fingerprint density at radius 1 is 1.59 bits per heavy atom. The van der Waals surface area contributed by atoms with Gasteiger partial charge in [0.15, 0.2) is 0 Å². The maximum Gasteiger partial charge on any atom is 0.490 e. The number of nitrogens with zero attached hydrogens (tertiary/aromatic N) is 2. The van der Waals surface area contributed by atoms with E-state index in [-0.39, 0.29) is 12.2 Å². The molecule has 1 aromatic heterocycles. The maximum absolute atomic E-state index is 10.6. The van der Waals surface area contributed by atoms with Gasteiger partial charge in [0, 0.05) is 30.6 Å². The highest BCUT2D eigenvalue weighted by Crippen LogP contribution is 2.32. The molecule has 2 saturated heterocycles. The number of fused-ring (bicyclic) bond motifs is 1. The SMILES string of the molecule is C=CCO[C@H]1CN(Cc2scnc2C)[C@@H]2CCCO[C@H]12.O=C(O)C(F)(F)F. The van der Waals surface area contributed by atoms with Gasteiger partial charge in [0.05, 0.1) is 23.9 Å². The van der Waals surface area contributed by atoms with E-state index in [9.17, 15) is 13.2 Å². The summed E-state index contributed by atoms with van der Waals surface area (Å²) in [6, 6.07) is 0.486. The van der Waals surface area contributed by atoms with Crippen LogP contribution in [-0.4, -0.2) is 65.1 Å². The van der Waals surface area contributed by atoms with Crippen LogP contribution in [0.2, 0.25) is 0 Å². The minimum absolute atomic E-state index is 0.173. The Bertz CT molecular complexity index is 638. The zero-order valence-electron chi connectivity index (χ0n) is 14.9. The second kappa shape index (κ2) is 9.63. The summed E-state index contributed by atoms with van der Waals surface area (Å²) in [4.78, 5) is 17.1. The van der Waals surface area contributed by atoms with Gasteiger partial charge >= 0.3 is 12.1 Å². The molecule has 2 aliphatic heterocycles. The van der Waals surface area contributed by atoms with Crippen LogP contribution in [0.25, 0.3) is 0 Å². The summed E-state index contributed by atoms with van der Waals surface area (Å²) < 4.78 is 43.6. The second-order valence-corrected chi connectivity index (χ2v) is 7.24. The van der Waals surface area contributed by atoms with Crippen molar-refractivity contribution in [3.8, 4) is 0 Å². The van der Waals surface area contributed by atoms with E-state index in [4.69, 9.17) is 19.4 Å². The quantitative estimate of drug-likeness (QED) is 0.756. The van der Waals surface area contributed by atoms with E-state index in [1.165, 1.54) is 11.3 Å². The van der Waals surface area contributed by atoms with Crippen molar-refractivity contribution in [1.82, 2.24) is 9.88 Å². The summed E-state index contributed by atoms with van der Waals surface area (Å²) in [5.74, 6) is -2.76. The number of hydrogen-bond acceptors (Lipinski definition) is 6. The molecule has 0 aromatic carbocycles. The molecule has 0 unspecified atom stereocenters. The van der Waals surface area contributed by atoms with Crippen LogP contribution in [-0.2, 0) is 20.8 Å². The molecule has 1 aromatic rings. The number of aromatic nitrogens is 1. The van der Waals surface area contributed by atoms with E-state index in [0.717, 1.165) is 31.8 Å². The third kappa shape index (κ3) is 6.00. The van der Waals surface area contributed by atoms with Gasteiger partial charge in [0.25, 0.3) is 0 Å². The summed E-state index contributed by atoms with van der Waals surface area (Å²) in [7, 11) is 0. The van der Waals surface area contributed by atoms with Gasteiger partial charge in [0.1, 0.15) is 6.10 Å². The highest BCUT2D eigenvalue weighted by atomic mass is 32.1. The topological polar surface area (TPSA) is 71.9 Å². The minimum Gasteiger partial charge on any atom is -0.475 e. The zero-order valence-corrected chi connectivity index (χ0v) is 15.8. The third-order valence-electron chi connectivity index (χ3n) is 4.45. The van der Waals surface area contributed by atoms with E-state index in [2.05, 4.69) is 23.4 Å². The van der Waals surface area contributed by atoms with Gasteiger partial charge in [-0.05, 0) is 19.8 Å². The average molecular weight is 408 g/mol. The van der Waals surface area contributed by atoms with Gasteiger partial charge in [-0.3, -0.25) is 4.90 Å². The number of carboxylic acids is 1. The molecule has 3 atom stereocenters. The first kappa shape index (κ1) is 21.8. The lowest BCUT2D eigenvalue weighted by atomic mass is 10.0. The van der Waals surface area contributed by atoms with Crippen molar-refractivity contribution < 1.29 is 32.5 Å². The summed E-state index contributed by atoms with van der Waals surface area (Å²) in [5.41, 5.74) is 3.08. The molecule has 1 N–H and O–H groups in total. The van der Waals surface area contributed by atoms with Crippen LogP contribution in [0.3, 0.4) is 0 Å². The molecule has 2 aliphatic rings. The number of aryl methyl sites for hydroxylation is 1. The van der Waals surface area contributed by atoms with Gasteiger partial charge in [-0.25, -0.2) is 9.78 Å². The Kier molecular flexibility index (Phi) is 7.78. The lowest BCUT2D eigenvalue weighted by Gasteiger charge is -2.32. The fourth-order valence-electron chi connectivity index (χ4n) is 3.19. The van der Waals surface area contributed by atoms with E-state index >= 15 is 0 Å². The van der Waals surface area contributed by atoms with Crippen molar-refractivity contribution >= 4 is 17.3 Å². The molecule has 6 nitrogen and oxygen atoms in total. The highest BCUT2D eigenvalue weighted by Gasteiger charge is 2.44. The number of thiazole rings is 1. The summed E-state index contributed by atoms with van der Waals surface area (Å²) in [6.07, 6.45) is -0.527. The molecule has 0 amide bonds. The first-order chi connectivity index (χ1) is 12.7. The molecule has 0 spiro atoms. The van der Waals surface area contributed by atoms with E-state index in [0.29, 0.717) is 12.6 Å². The van der Waals surface area contributed by atoms with E-state index in [1.54, 1.807) is 11.3 Å². The summed E-state index contributed by atoms with van der Waals surface area (Å²) >= 11 is 1.74. The number of carboxylic acid groups (broad SMARTS) is 1. The zero-order chi connectivity index (χ0) is 20.0. The second-order valence-electron chi connectivity index (χ2n) is 6.30. The van der Waals surface area contributed by atoms with Crippen molar-refractivity contribution in [3.63, 3.8) is 0 Å². The first-order valence-electron chi connectivity index (χ1n) is 8.51. The number of halogens is 3. The number of alkyl halides is 3. The van der Waals surface area contributed by atoms with Crippen LogP contribution in [0.4, 0.5) is 13.2 Å². The Hall–Kier alpha value is -1.49. The van der Waals surface area contributed by atoms with Gasteiger partial charge < -0.3 is 14.6 Å². The summed E-state index contributed by atoms with van der Waals surface area (Å²) in [6.45, 7) is 9.19. The molecule has 3 heterocycles. The Morgan fingerprint density at radius 3 is 2.85 bits per heavy atom. The third-order valence-corrected chi connectivity index (χ3v) is 5.37. The average Bonchev–Trinajstić information content (AvgIpc) is 3.17. The normalized spacial score (nSPS) is 25.4. The largest absolute Gasteiger partial charge is 0.490 e. The van der Waals surface area contributed by atoms with Crippen molar-refractivity contribution in [2.24, 2.45) is 0 Å². The minimum atomic E-state index is -5.08. The molecule has 2 fully saturated rings. The number of hydrogen-bond donors (Lipinski definition) is 1. The fraction of sp³-hybridized carbons (Fsp3) is 0.647. The van der Waals surface area contributed by atoms with E-state index < -0.39 is 12.1 Å². The first-order valence-corrected chi connectivity index (χ1v) is 9.39. The Balaban J connectivity index is 0.000000321. The van der Waals surface area contributed by atoms with Gasteiger partial charge in [-0.15, -0.1) is 17.9 Å². The number of likely N-dealkylation sites (tertiary alicyclic amines) is 1. The molecule has 0 bridgehead atoms. The number of aliphatic carboxylic acids is 1. The van der Waals surface area contributed by atoms with Crippen LogP contribution in [0.15, 0.2) is 18.2 Å². The molecule has 0 radical (unpaired) electrons. The molecule has 0 saturated carbocycles. The van der Waals surface area contributed by atoms with Crippen molar-refractivity contribution in [3.05, 3.63) is 28.7 Å². The monoisotopic (exact) mass is 408 g/mol. The van der Waals surface area contributed by atoms with Crippen LogP contribution in [0, 0.1) is 6.92 Å². The number of rotatable bonds is 5. The summed E-state index contributed by atoms with van der Waals surface area (Å²) in [5, 5.41) is 7.12. The van der Waals surface area contributed by atoms with Crippen molar-refractivity contribution in [2.45, 2.75) is 50.7 Å². The molecule has 10 heteroatoms. The smallest absolute Gasteiger partial charge is 0.475 e. The van der Waals surface area contributed by atoms with Crippen molar-refractivity contribution in [1.29, 1.82) is 0 Å². The van der Waals surface area contributed by atoms with Gasteiger partial charge in [-0.2, -0.15) is 13.2 Å². The van der Waals surface area contributed by atoms with Crippen LogP contribution in [0.1, 0.15) is 23.4 Å². The Morgan fingerprint density at radius 2 is 2.30 bits per heavy atom. The predicted molar refractivity (Wildman–Crippen MR) is 93.7 cm³/mol. The maximum atomic E-state index is 10.6. The van der Waals surface area contributed by atoms with E-state index in [1.807, 2.05) is 11.6 Å². The Labute approximate surface area is 159 Å². The fourth-order valence-corrected chi connectivity index (χ4v) is 3.99. The standard InChI is InChI=1S/C15H22N2O2S.C2HF3O2/c1-3-6-18-13-8-17(9-14-11(2)16-10-20-14)12-5-4-7-19-15(12)13;3-2(4,5)1(6)7/h3,10,12-13,15H,1,4-9H2,2H3;(H,6,7)/t12-,13+,15+;/m1./s1. The van der Waals surface area contributed by atoms with Crippen molar-refractivity contribution in [2.75, 3.05) is 19.8 Å². The lowest BCUT2D eigenvalue weighted by Crippen LogP contribution is -2.41. The van der Waals surface area contributed by atoms with Gasteiger partial charge in [-0.1, -0.05) is 6.08 Å². The number of ether oxygens (including phenoxy) is 2. The molecular formula is C17H23F3N2O4S. The lowest BCUT2D eigenvalue weighted by molar-refractivity contribution is -0.192. The molecular weight excluding hydrogens is 385 g/mol. The molecule has 0 aliphatic carbocycles. The van der Waals surface area contributed by atoms with Gasteiger partial charge in [0.2, 0.25) is 0 Å². The van der Waals surface area contributed by atoms with Crippen LogP contribution >= 0.6 is 11.3 Å². The highest BCUT2D eigenvalue weighted by molar-refractivity contribution is 7.09. The predicted octanol–water partition coefficient (Wildman–Crippen LogP) is 3.02. The molecule has 152 valence electrons.